The van der Waals surface area contributed by atoms with Gasteiger partial charge in [-0.3, -0.25) is 14.9 Å². The molecule has 0 aromatic heterocycles. The zero-order chi connectivity index (χ0) is 21.7. The highest BCUT2D eigenvalue weighted by molar-refractivity contribution is 5.98. The van der Waals surface area contributed by atoms with E-state index in [4.69, 9.17) is 4.74 Å². The molecule has 1 fully saturated rings. The first-order valence-corrected chi connectivity index (χ1v) is 9.66. The van der Waals surface area contributed by atoms with Gasteiger partial charge in [0.2, 0.25) is 0 Å². The lowest BCUT2D eigenvalue weighted by molar-refractivity contribution is -0.384. The molecule has 2 aromatic carbocycles. The molecule has 1 atom stereocenters. The number of carbonyl (C=O) groups excluding carboxylic acids is 2. The number of nitrogens with one attached hydrogen (secondary N) is 1. The summed E-state index contributed by atoms with van der Waals surface area (Å²) >= 11 is 0. The van der Waals surface area contributed by atoms with Crippen LogP contribution in [0.25, 0.3) is 0 Å². The van der Waals surface area contributed by atoms with Gasteiger partial charge in [-0.05, 0) is 50.5 Å². The molecule has 0 aliphatic carbocycles. The minimum Gasteiger partial charge on any atom is -0.449 e. The van der Waals surface area contributed by atoms with Crippen molar-refractivity contribution in [2.75, 3.05) is 23.3 Å². The lowest BCUT2D eigenvalue weighted by Crippen LogP contribution is -2.31. The number of benzene rings is 2. The van der Waals surface area contributed by atoms with Crippen molar-refractivity contribution >= 4 is 28.9 Å². The highest BCUT2D eigenvalue weighted by Crippen LogP contribution is 2.31. The minimum atomic E-state index is -1.22. The maximum absolute atomic E-state index is 13.7. The number of nitro groups is 1. The Hall–Kier alpha value is -3.49. The Bertz CT molecular complexity index is 959. The van der Waals surface area contributed by atoms with E-state index in [2.05, 4.69) is 5.32 Å². The summed E-state index contributed by atoms with van der Waals surface area (Å²) in [5.74, 6) is -2.21. The number of rotatable bonds is 6. The van der Waals surface area contributed by atoms with E-state index in [1.54, 1.807) is 6.07 Å². The molecule has 0 spiro atoms. The largest absolute Gasteiger partial charge is 0.449 e. The Kier molecular flexibility index (Phi) is 6.61. The van der Waals surface area contributed by atoms with Gasteiger partial charge in [-0.1, -0.05) is 12.1 Å². The van der Waals surface area contributed by atoms with E-state index in [0.29, 0.717) is 5.69 Å². The van der Waals surface area contributed by atoms with Crippen molar-refractivity contribution in [2.45, 2.75) is 32.3 Å². The summed E-state index contributed by atoms with van der Waals surface area (Å²) in [4.78, 5) is 37.6. The van der Waals surface area contributed by atoms with Gasteiger partial charge in [0, 0.05) is 19.2 Å². The van der Waals surface area contributed by atoms with Gasteiger partial charge in [0.1, 0.15) is 11.5 Å². The molecular weight excluding hydrogens is 393 g/mol. The molecule has 1 saturated heterocycles. The first-order chi connectivity index (χ1) is 14.4. The van der Waals surface area contributed by atoms with Crippen LogP contribution in [0.5, 0.6) is 0 Å². The molecule has 0 bridgehead atoms. The van der Waals surface area contributed by atoms with Crippen LogP contribution in [-0.4, -0.2) is 36.0 Å². The number of amides is 1. The highest BCUT2D eigenvalue weighted by Gasteiger charge is 2.25. The molecule has 9 heteroatoms. The number of hydrogen-bond donors (Lipinski definition) is 1. The van der Waals surface area contributed by atoms with Crippen molar-refractivity contribution in [3.05, 3.63) is 64.0 Å². The van der Waals surface area contributed by atoms with Gasteiger partial charge in [0.05, 0.1) is 16.2 Å². The maximum Gasteiger partial charge on any atom is 0.339 e. The van der Waals surface area contributed by atoms with Crippen molar-refractivity contribution < 1.29 is 23.6 Å². The van der Waals surface area contributed by atoms with Crippen molar-refractivity contribution in [1.82, 2.24) is 0 Å². The summed E-state index contributed by atoms with van der Waals surface area (Å²) in [6.45, 7) is 2.78. The monoisotopic (exact) mass is 415 g/mol. The standard InChI is InChI=1S/C21H22FN3O5/c1-14(20(26)23-17-8-4-3-7-16(17)22)30-21(27)15-9-10-18(19(13-15)25(28)29)24-11-5-2-6-12-24/h3-4,7-10,13-14H,2,5-6,11-12H2,1H3,(H,23,26)/t14-/m0/s1. The summed E-state index contributed by atoms with van der Waals surface area (Å²) in [7, 11) is 0. The fourth-order valence-electron chi connectivity index (χ4n) is 3.28. The van der Waals surface area contributed by atoms with E-state index < -0.39 is 28.7 Å². The number of anilines is 2. The van der Waals surface area contributed by atoms with E-state index in [1.807, 2.05) is 4.90 Å². The molecule has 1 aliphatic heterocycles. The summed E-state index contributed by atoms with van der Waals surface area (Å²) in [6.07, 6.45) is 1.77. The van der Waals surface area contributed by atoms with Gasteiger partial charge in [0.25, 0.3) is 11.6 Å². The molecule has 1 amide bonds. The smallest absolute Gasteiger partial charge is 0.339 e. The first-order valence-electron chi connectivity index (χ1n) is 9.66. The Morgan fingerprint density at radius 1 is 1.17 bits per heavy atom. The molecule has 0 unspecified atom stereocenters. The zero-order valence-corrected chi connectivity index (χ0v) is 16.5. The summed E-state index contributed by atoms with van der Waals surface area (Å²) in [6, 6.07) is 9.74. The van der Waals surface area contributed by atoms with Crippen LogP contribution in [-0.2, 0) is 9.53 Å². The quantitative estimate of drug-likeness (QED) is 0.436. The number of nitrogens with zero attached hydrogens (tertiary/aromatic N) is 2. The predicted octanol–water partition coefficient (Wildman–Crippen LogP) is 3.91. The Morgan fingerprint density at radius 2 is 1.87 bits per heavy atom. The summed E-state index contributed by atoms with van der Waals surface area (Å²) in [5, 5.41) is 13.9. The zero-order valence-electron chi connectivity index (χ0n) is 16.5. The average Bonchev–Trinajstić information content (AvgIpc) is 2.75. The average molecular weight is 415 g/mol. The topological polar surface area (TPSA) is 102 Å². The van der Waals surface area contributed by atoms with Crippen molar-refractivity contribution in [3.63, 3.8) is 0 Å². The van der Waals surface area contributed by atoms with Gasteiger partial charge >= 0.3 is 5.97 Å². The van der Waals surface area contributed by atoms with Gasteiger partial charge in [-0.25, -0.2) is 9.18 Å². The van der Waals surface area contributed by atoms with Gasteiger partial charge in [0.15, 0.2) is 6.10 Å². The van der Waals surface area contributed by atoms with Gasteiger partial charge in [-0.15, -0.1) is 0 Å². The van der Waals surface area contributed by atoms with E-state index in [-0.39, 0.29) is 16.9 Å². The van der Waals surface area contributed by atoms with Crippen LogP contribution in [0.2, 0.25) is 0 Å². The minimum absolute atomic E-state index is 0.0343. The number of nitro benzene ring substituents is 1. The molecule has 1 heterocycles. The molecule has 8 nitrogen and oxygen atoms in total. The number of ether oxygens (including phenoxy) is 1. The fraction of sp³-hybridized carbons (Fsp3) is 0.333. The second kappa shape index (κ2) is 9.34. The first kappa shape index (κ1) is 21.2. The van der Waals surface area contributed by atoms with Crippen LogP contribution < -0.4 is 10.2 Å². The lowest BCUT2D eigenvalue weighted by Gasteiger charge is -2.28. The SMILES string of the molecule is C[C@H](OC(=O)c1ccc(N2CCCCC2)c([N+](=O)[O-])c1)C(=O)Nc1ccccc1F. The fourth-order valence-corrected chi connectivity index (χ4v) is 3.28. The second-order valence-electron chi connectivity index (χ2n) is 7.02. The van der Waals surface area contributed by atoms with Gasteiger partial charge < -0.3 is 15.0 Å². The normalized spacial score (nSPS) is 14.7. The lowest BCUT2D eigenvalue weighted by atomic mass is 10.1. The van der Waals surface area contributed by atoms with E-state index >= 15 is 0 Å². The molecule has 2 aromatic rings. The van der Waals surface area contributed by atoms with Crippen LogP contribution in [0, 0.1) is 15.9 Å². The molecule has 0 saturated carbocycles. The third-order valence-corrected chi connectivity index (χ3v) is 4.89. The van der Waals surface area contributed by atoms with E-state index in [0.717, 1.165) is 38.4 Å². The van der Waals surface area contributed by atoms with Crippen LogP contribution in [0.15, 0.2) is 42.5 Å². The Balaban J connectivity index is 1.71. The molecule has 158 valence electrons. The highest BCUT2D eigenvalue weighted by atomic mass is 19.1. The van der Waals surface area contributed by atoms with Crippen LogP contribution in [0.1, 0.15) is 36.5 Å². The number of hydrogen-bond acceptors (Lipinski definition) is 6. The Labute approximate surface area is 172 Å². The van der Waals surface area contributed by atoms with Crippen LogP contribution >= 0.6 is 0 Å². The molecule has 1 N–H and O–H groups in total. The molecular formula is C21H22FN3O5. The molecule has 30 heavy (non-hydrogen) atoms. The van der Waals surface area contributed by atoms with E-state index in [9.17, 15) is 24.1 Å². The van der Waals surface area contributed by atoms with Crippen LogP contribution in [0.4, 0.5) is 21.5 Å². The third-order valence-electron chi connectivity index (χ3n) is 4.89. The number of halogens is 1. The number of piperidine rings is 1. The maximum atomic E-state index is 13.7. The number of para-hydroxylation sites is 1. The summed E-state index contributed by atoms with van der Waals surface area (Å²) < 4.78 is 18.8. The summed E-state index contributed by atoms with van der Waals surface area (Å²) in [5.41, 5.74) is 0.205. The number of carbonyl (C=O) groups is 2. The second-order valence-corrected chi connectivity index (χ2v) is 7.02. The third kappa shape index (κ3) is 4.91. The molecule has 3 rings (SSSR count). The van der Waals surface area contributed by atoms with Crippen LogP contribution in [0.3, 0.4) is 0 Å². The van der Waals surface area contributed by atoms with Gasteiger partial charge in [-0.2, -0.15) is 0 Å². The molecule has 1 aliphatic rings. The van der Waals surface area contributed by atoms with Crippen molar-refractivity contribution in [3.8, 4) is 0 Å². The van der Waals surface area contributed by atoms with E-state index in [1.165, 1.54) is 37.3 Å². The number of esters is 1. The Morgan fingerprint density at radius 3 is 2.53 bits per heavy atom. The van der Waals surface area contributed by atoms with Crippen molar-refractivity contribution in [1.29, 1.82) is 0 Å². The molecule has 0 radical (unpaired) electrons. The predicted molar refractivity (Wildman–Crippen MR) is 109 cm³/mol. The van der Waals surface area contributed by atoms with Crippen molar-refractivity contribution in [2.24, 2.45) is 0 Å².